The highest BCUT2D eigenvalue weighted by Crippen LogP contribution is 2.23. The lowest BCUT2D eigenvalue weighted by atomic mass is 9.89. The van der Waals surface area contributed by atoms with Gasteiger partial charge < -0.3 is 9.80 Å². The van der Waals surface area contributed by atoms with Gasteiger partial charge in [0.1, 0.15) is 0 Å². The lowest BCUT2D eigenvalue weighted by Gasteiger charge is -2.32. The smallest absolute Gasteiger partial charge is 0.255 e. The number of piperidine rings is 1. The van der Waals surface area contributed by atoms with E-state index in [9.17, 15) is 9.59 Å². The highest BCUT2D eigenvalue weighted by molar-refractivity contribution is 5.94. The minimum Gasteiger partial charge on any atom is -0.345 e. The minimum absolute atomic E-state index is 0.0268. The van der Waals surface area contributed by atoms with Crippen molar-refractivity contribution in [3.05, 3.63) is 65.0 Å². The van der Waals surface area contributed by atoms with E-state index in [4.69, 9.17) is 0 Å². The minimum atomic E-state index is 0.0268. The van der Waals surface area contributed by atoms with Gasteiger partial charge >= 0.3 is 0 Å². The first-order valence-corrected chi connectivity index (χ1v) is 9.46. The van der Waals surface area contributed by atoms with Crippen LogP contribution in [0.4, 0.5) is 0 Å². The van der Waals surface area contributed by atoms with Crippen LogP contribution in [-0.2, 0) is 6.42 Å². The molecule has 0 aliphatic carbocycles. The zero-order valence-corrected chi connectivity index (χ0v) is 16.3. The molecule has 1 aliphatic heterocycles. The fourth-order valence-corrected chi connectivity index (χ4v) is 3.49. The SMILES string of the molecule is Cc1ccc(C(=O)N2CCC(Cc3ccc(C(=O)N(C)C)cc3)CC2)cn1. The highest BCUT2D eigenvalue weighted by atomic mass is 16.2. The summed E-state index contributed by atoms with van der Waals surface area (Å²) in [4.78, 5) is 32.3. The van der Waals surface area contributed by atoms with Crippen LogP contribution in [-0.4, -0.2) is 53.8 Å². The molecule has 0 spiro atoms. The van der Waals surface area contributed by atoms with E-state index >= 15 is 0 Å². The summed E-state index contributed by atoms with van der Waals surface area (Å²) in [5.74, 6) is 0.673. The molecule has 0 N–H and O–H groups in total. The van der Waals surface area contributed by atoms with Gasteiger partial charge in [-0.3, -0.25) is 14.6 Å². The van der Waals surface area contributed by atoms with Crippen molar-refractivity contribution in [3.63, 3.8) is 0 Å². The zero-order chi connectivity index (χ0) is 19.4. The number of benzene rings is 1. The Morgan fingerprint density at radius 3 is 2.22 bits per heavy atom. The van der Waals surface area contributed by atoms with Crippen LogP contribution in [0.3, 0.4) is 0 Å². The van der Waals surface area contributed by atoms with Crippen LogP contribution in [0, 0.1) is 12.8 Å². The fraction of sp³-hybridized carbons (Fsp3) is 0.409. The molecule has 0 saturated carbocycles. The molecule has 0 radical (unpaired) electrons. The number of hydrogen-bond acceptors (Lipinski definition) is 3. The number of rotatable bonds is 4. The predicted octanol–water partition coefficient (Wildman–Crippen LogP) is 3.19. The van der Waals surface area contributed by atoms with Crippen molar-refractivity contribution in [1.29, 1.82) is 0 Å². The van der Waals surface area contributed by atoms with E-state index in [1.54, 1.807) is 25.2 Å². The summed E-state index contributed by atoms with van der Waals surface area (Å²) >= 11 is 0. The third-order valence-corrected chi connectivity index (χ3v) is 5.19. The lowest BCUT2D eigenvalue weighted by molar-refractivity contribution is 0.0690. The van der Waals surface area contributed by atoms with Crippen LogP contribution < -0.4 is 0 Å². The Hall–Kier alpha value is -2.69. The number of amides is 2. The van der Waals surface area contributed by atoms with Crippen molar-refractivity contribution in [2.75, 3.05) is 27.2 Å². The first kappa shape index (κ1) is 19.1. The number of likely N-dealkylation sites (tertiary alicyclic amines) is 1. The van der Waals surface area contributed by atoms with Gasteiger partial charge in [-0.05, 0) is 61.9 Å². The molecule has 1 aromatic carbocycles. The first-order chi connectivity index (χ1) is 12.9. The summed E-state index contributed by atoms with van der Waals surface area (Å²) in [5.41, 5.74) is 3.55. The van der Waals surface area contributed by atoms with Crippen molar-refractivity contribution < 1.29 is 9.59 Å². The first-order valence-electron chi connectivity index (χ1n) is 9.46. The van der Waals surface area contributed by atoms with Gasteiger partial charge in [0.2, 0.25) is 0 Å². The maximum absolute atomic E-state index is 12.6. The van der Waals surface area contributed by atoms with E-state index in [1.165, 1.54) is 5.56 Å². The molecule has 142 valence electrons. The van der Waals surface area contributed by atoms with Crippen LogP contribution in [0.1, 0.15) is 44.8 Å². The lowest BCUT2D eigenvalue weighted by Crippen LogP contribution is -2.39. The Bertz CT molecular complexity index is 789. The summed E-state index contributed by atoms with van der Waals surface area (Å²) in [7, 11) is 3.52. The summed E-state index contributed by atoms with van der Waals surface area (Å²) in [5, 5.41) is 0. The van der Waals surface area contributed by atoms with E-state index in [1.807, 2.05) is 48.2 Å². The number of nitrogens with zero attached hydrogens (tertiary/aromatic N) is 3. The standard InChI is InChI=1S/C22H27N3O2/c1-16-4-7-20(15-23-16)22(27)25-12-10-18(11-13-25)14-17-5-8-19(9-6-17)21(26)24(2)3/h4-9,15,18H,10-14H2,1-3H3. The number of pyridine rings is 1. The maximum atomic E-state index is 12.6. The van der Waals surface area contributed by atoms with Crippen LogP contribution in [0.15, 0.2) is 42.6 Å². The Balaban J connectivity index is 1.53. The molecular formula is C22H27N3O2. The van der Waals surface area contributed by atoms with E-state index in [0.29, 0.717) is 11.5 Å². The van der Waals surface area contributed by atoms with Gasteiger partial charge in [0, 0.05) is 44.6 Å². The molecule has 3 rings (SSSR count). The molecule has 0 unspecified atom stereocenters. The molecule has 1 fully saturated rings. The third-order valence-electron chi connectivity index (χ3n) is 5.19. The van der Waals surface area contributed by atoms with Gasteiger partial charge in [-0.2, -0.15) is 0 Å². The molecule has 0 bridgehead atoms. The Kier molecular flexibility index (Phi) is 5.89. The molecule has 27 heavy (non-hydrogen) atoms. The third kappa shape index (κ3) is 4.73. The van der Waals surface area contributed by atoms with Crippen molar-refractivity contribution in [3.8, 4) is 0 Å². The molecule has 2 aromatic rings. The van der Waals surface area contributed by atoms with E-state index in [2.05, 4.69) is 4.98 Å². The molecule has 1 aliphatic rings. The van der Waals surface area contributed by atoms with Gasteiger partial charge in [0.05, 0.1) is 5.56 Å². The molecule has 0 atom stereocenters. The van der Waals surface area contributed by atoms with Crippen LogP contribution >= 0.6 is 0 Å². The fourth-order valence-electron chi connectivity index (χ4n) is 3.49. The second-order valence-electron chi connectivity index (χ2n) is 7.52. The molecular weight excluding hydrogens is 338 g/mol. The Morgan fingerprint density at radius 1 is 1.04 bits per heavy atom. The zero-order valence-electron chi connectivity index (χ0n) is 16.3. The number of aromatic nitrogens is 1. The Morgan fingerprint density at radius 2 is 1.67 bits per heavy atom. The largest absolute Gasteiger partial charge is 0.345 e. The van der Waals surface area contributed by atoms with Crippen LogP contribution in [0.5, 0.6) is 0 Å². The maximum Gasteiger partial charge on any atom is 0.255 e. The summed E-state index contributed by atoms with van der Waals surface area (Å²) < 4.78 is 0. The van der Waals surface area contributed by atoms with Crippen molar-refractivity contribution in [1.82, 2.24) is 14.8 Å². The van der Waals surface area contributed by atoms with E-state index in [0.717, 1.165) is 43.6 Å². The van der Waals surface area contributed by atoms with Crippen LogP contribution in [0.2, 0.25) is 0 Å². The van der Waals surface area contributed by atoms with Crippen molar-refractivity contribution in [2.24, 2.45) is 5.92 Å². The van der Waals surface area contributed by atoms with Gasteiger partial charge in [-0.15, -0.1) is 0 Å². The van der Waals surface area contributed by atoms with Gasteiger partial charge in [-0.25, -0.2) is 0 Å². The number of aryl methyl sites for hydroxylation is 1. The quantitative estimate of drug-likeness (QED) is 0.836. The summed E-state index contributed by atoms with van der Waals surface area (Å²) in [6.45, 7) is 3.49. The number of carbonyl (C=O) groups excluding carboxylic acids is 2. The molecule has 5 nitrogen and oxygen atoms in total. The van der Waals surface area contributed by atoms with Gasteiger partial charge in [-0.1, -0.05) is 12.1 Å². The Labute approximate surface area is 161 Å². The average Bonchev–Trinajstić information content (AvgIpc) is 2.68. The topological polar surface area (TPSA) is 53.5 Å². The molecule has 5 heteroatoms. The molecule has 2 heterocycles. The molecule has 1 aromatic heterocycles. The summed E-state index contributed by atoms with van der Waals surface area (Å²) in [6, 6.07) is 11.6. The second-order valence-corrected chi connectivity index (χ2v) is 7.52. The van der Waals surface area contributed by atoms with E-state index in [-0.39, 0.29) is 11.8 Å². The highest BCUT2D eigenvalue weighted by Gasteiger charge is 2.24. The average molecular weight is 365 g/mol. The van der Waals surface area contributed by atoms with Crippen LogP contribution in [0.25, 0.3) is 0 Å². The monoisotopic (exact) mass is 365 g/mol. The number of hydrogen-bond donors (Lipinski definition) is 0. The normalized spacial score (nSPS) is 14.9. The van der Waals surface area contributed by atoms with Gasteiger partial charge in [0.15, 0.2) is 0 Å². The van der Waals surface area contributed by atoms with E-state index < -0.39 is 0 Å². The van der Waals surface area contributed by atoms with Crippen molar-refractivity contribution in [2.45, 2.75) is 26.2 Å². The second kappa shape index (κ2) is 8.33. The molecule has 1 saturated heterocycles. The van der Waals surface area contributed by atoms with Gasteiger partial charge in [0.25, 0.3) is 11.8 Å². The predicted molar refractivity (Wildman–Crippen MR) is 106 cm³/mol. The van der Waals surface area contributed by atoms with Crippen molar-refractivity contribution >= 4 is 11.8 Å². The number of carbonyl (C=O) groups is 2. The molecule has 2 amide bonds. The summed E-state index contributed by atoms with van der Waals surface area (Å²) in [6.07, 6.45) is 4.66.